The molecule has 1 aromatic carbocycles. The summed E-state index contributed by atoms with van der Waals surface area (Å²) in [5.74, 6) is -0.363. The zero-order chi connectivity index (χ0) is 16.1. The molecule has 1 atom stereocenters. The van der Waals surface area contributed by atoms with Crippen LogP contribution in [0.15, 0.2) is 22.7 Å². The van der Waals surface area contributed by atoms with Gasteiger partial charge in [0.1, 0.15) is 0 Å². The number of aromatic nitrogens is 2. The number of thioether (sulfide) groups is 1. The molecule has 118 valence electrons. The highest BCUT2D eigenvalue weighted by atomic mass is 32.2. The molecule has 0 aliphatic heterocycles. The minimum Gasteiger partial charge on any atom is -0.349 e. The van der Waals surface area contributed by atoms with Gasteiger partial charge in [-0.25, -0.2) is 8.78 Å². The lowest BCUT2D eigenvalue weighted by molar-refractivity contribution is -0.119. The number of carbonyl (C=O) groups excluding carboxylic acids is 1. The van der Waals surface area contributed by atoms with E-state index in [2.05, 4.69) is 15.5 Å². The van der Waals surface area contributed by atoms with Crippen LogP contribution in [0.5, 0.6) is 0 Å². The van der Waals surface area contributed by atoms with Gasteiger partial charge in [0.15, 0.2) is 17.5 Å². The Morgan fingerprint density at radius 1 is 1.41 bits per heavy atom. The molecular weight excluding hydrogens is 312 g/mol. The Kier molecular flexibility index (Phi) is 5.48. The molecule has 2 rings (SSSR count). The number of aryl methyl sites for hydroxylation is 1. The number of hydrogen-bond acceptors (Lipinski definition) is 5. The van der Waals surface area contributed by atoms with E-state index in [0.29, 0.717) is 23.0 Å². The highest BCUT2D eigenvalue weighted by Gasteiger charge is 2.12. The first-order valence-electron chi connectivity index (χ1n) is 6.57. The molecule has 0 aliphatic rings. The fraction of sp³-hybridized carbons (Fsp3) is 0.357. The lowest BCUT2D eigenvalue weighted by Crippen LogP contribution is -2.28. The maximum absolute atomic E-state index is 13.2. The van der Waals surface area contributed by atoms with Gasteiger partial charge in [0.2, 0.25) is 11.8 Å². The molecule has 1 aromatic heterocycles. The van der Waals surface area contributed by atoms with Crippen molar-refractivity contribution in [1.82, 2.24) is 15.5 Å². The maximum atomic E-state index is 13.2. The van der Waals surface area contributed by atoms with Crippen molar-refractivity contribution >= 4 is 17.7 Å². The van der Waals surface area contributed by atoms with Crippen LogP contribution < -0.4 is 5.32 Å². The molecule has 2 aromatic rings. The molecule has 0 radical (unpaired) electrons. The lowest BCUT2D eigenvalue weighted by atomic mass is 10.1. The van der Waals surface area contributed by atoms with Crippen molar-refractivity contribution < 1.29 is 18.1 Å². The topological polar surface area (TPSA) is 68.0 Å². The highest BCUT2D eigenvalue weighted by Crippen LogP contribution is 2.16. The van der Waals surface area contributed by atoms with E-state index in [4.69, 9.17) is 4.52 Å². The Morgan fingerprint density at radius 3 is 2.82 bits per heavy atom. The first kappa shape index (κ1) is 16.4. The van der Waals surface area contributed by atoms with Crippen molar-refractivity contribution in [1.29, 1.82) is 0 Å². The fourth-order valence-electron chi connectivity index (χ4n) is 1.78. The van der Waals surface area contributed by atoms with Gasteiger partial charge in [-0.1, -0.05) is 11.2 Å². The average Bonchev–Trinajstić information content (AvgIpc) is 2.87. The first-order valence-corrected chi connectivity index (χ1v) is 7.72. The van der Waals surface area contributed by atoms with E-state index in [9.17, 15) is 13.6 Å². The molecule has 0 fully saturated rings. The first-order chi connectivity index (χ1) is 10.5. The van der Waals surface area contributed by atoms with Crippen LogP contribution in [0.1, 0.15) is 30.2 Å². The molecule has 1 unspecified atom stereocenters. The number of carbonyl (C=O) groups is 1. The van der Waals surface area contributed by atoms with Gasteiger partial charge in [0.25, 0.3) is 0 Å². The summed E-state index contributed by atoms with van der Waals surface area (Å²) in [6.07, 6.45) is 0. The molecule has 0 aliphatic carbocycles. The van der Waals surface area contributed by atoms with Crippen LogP contribution in [0.25, 0.3) is 0 Å². The molecular formula is C14H15F2N3O2S. The minimum atomic E-state index is -0.930. The molecule has 5 nitrogen and oxygen atoms in total. The summed E-state index contributed by atoms with van der Waals surface area (Å²) in [6, 6.07) is 3.16. The second kappa shape index (κ2) is 7.35. The summed E-state index contributed by atoms with van der Waals surface area (Å²) < 4.78 is 30.8. The zero-order valence-corrected chi connectivity index (χ0v) is 12.9. The highest BCUT2D eigenvalue weighted by molar-refractivity contribution is 7.99. The van der Waals surface area contributed by atoms with Gasteiger partial charge in [0.05, 0.1) is 17.5 Å². The summed E-state index contributed by atoms with van der Waals surface area (Å²) in [6.45, 7) is 3.40. The normalized spacial score (nSPS) is 12.2. The second-order valence-electron chi connectivity index (χ2n) is 4.69. The van der Waals surface area contributed by atoms with Gasteiger partial charge in [-0.05, 0) is 24.6 Å². The van der Waals surface area contributed by atoms with E-state index < -0.39 is 17.7 Å². The molecule has 0 saturated heterocycles. The molecule has 8 heteroatoms. The summed E-state index contributed by atoms with van der Waals surface area (Å²) in [7, 11) is 0. The number of halogens is 2. The van der Waals surface area contributed by atoms with Gasteiger partial charge >= 0.3 is 0 Å². The van der Waals surface area contributed by atoms with Crippen LogP contribution in [0.3, 0.4) is 0 Å². The smallest absolute Gasteiger partial charge is 0.230 e. The molecule has 0 saturated carbocycles. The molecule has 1 N–H and O–H groups in total. The lowest BCUT2D eigenvalue weighted by Gasteiger charge is -2.14. The van der Waals surface area contributed by atoms with Gasteiger partial charge in [0, 0.05) is 6.92 Å². The summed E-state index contributed by atoms with van der Waals surface area (Å²) in [5, 5.41) is 6.44. The van der Waals surface area contributed by atoms with Crippen molar-refractivity contribution in [2.75, 3.05) is 5.75 Å². The number of rotatable bonds is 6. The Balaban J connectivity index is 1.79. The summed E-state index contributed by atoms with van der Waals surface area (Å²) in [5.41, 5.74) is 0.506. The van der Waals surface area contributed by atoms with Crippen molar-refractivity contribution in [3.8, 4) is 0 Å². The van der Waals surface area contributed by atoms with Crippen LogP contribution in [0.2, 0.25) is 0 Å². The summed E-state index contributed by atoms with van der Waals surface area (Å²) in [4.78, 5) is 15.8. The van der Waals surface area contributed by atoms with E-state index >= 15 is 0 Å². The number of nitrogens with one attached hydrogen (secondary N) is 1. The molecule has 1 heterocycles. The maximum Gasteiger partial charge on any atom is 0.230 e. The van der Waals surface area contributed by atoms with Gasteiger partial charge in [-0.3, -0.25) is 4.79 Å². The van der Waals surface area contributed by atoms with Crippen molar-refractivity contribution in [2.24, 2.45) is 0 Å². The van der Waals surface area contributed by atoms with Crippen molar-refractivity contribution in [3.05, 3.63) is 47.1 Å². The van der Waals surface area contributed by atoms with E-state index in [1.807, 2.05) is 0 Å². The predicted molar refractivity (Wildman–Crippen MR) is 78.1 cm³/mol. The fourth-order valence-corrected chi connectivity index (χ4v) is 2.45. The number of nitrogens with zero attached hydrogens (tertiary/aromatic N) is 2. The average molecular weight is 327 g/mol. The molecule has 22 heavy (non-hydrogen) atoms. The van der Waals surface area contributed by atoms with Crippen molar-refractivity contribution in [3.63, 3.8) is 0 Å². The Bertz CT molecular complexity index is 663. The van der Waals surface area contributed by atoms with E-state index in [1.165, 1.54) is 17.8 Å². The van der Waals surface area contributed by atoms with Crippen LogP contribution in [-0.4, -0.2) is 21.8 Å². The second-order valence-corrected chi connectivity index (χ2v) is 5.67. The minimum absolute atomic E-state index is 0.206. The SMILES string of the molecule is Cc1nc(CSCC(=O)NC(C)c2ccc(F)c(F)c2)no1. The molecule has 0 spiro atoms. The monoisotopic (exact) mass is 327 g/mol. The largest absolute Gasteiger partial charge is 0.349 e. The van der Waals surface area contributed by atoms with Crippen molar-refractivity contribution in [2.45, 2.75) is 25.6 Å². The van der Waals surface area contributed by atoms with Gasteiger partial charge in [-0.15, -0.1) is 11.8 Å². The Hall–Kier alpha value is -1.96. The number of amides is 1. The third-order valence-electron chi connectivity index (χ3n) is 2.86. The Labute approximate surface area is 130 Å². The van der Waals surface area contributed by atoms with Crippen LogP contribution in [-0.2, 0) is 10.5 Å². The predicted octanol–water partition coefficient (Wildman–Crippen LogP) is 2.77. The number of hydrogen-bond donors (Lipinski definition) is 1. The molecule has 1 amide bonds. The van der Waals surface area contributed by atoms with Crippen LogP contribution >= 0.6 is 11.8 Å². The summed E-state index contributed by atoms with van der Waals surface area (Å²) >= 11 is 1.34. The van der Waals surface area contributed by atoms with Gasteiger partial charge < -0.3 is 9.84 Å². The van der Waals surface area contributed by atoms with E-state index in [-0.39, 0.29) is 11.7 Å². The Morgan fingerprint density at radius 2 is 2.18 bits per heavy atom. The third-order valence-corrected chi connectivity index (χ3v) is 3.78. The molecule has 0 bridgehead atoms. The van der Waals surface area contributed by atoms with E-state index in [1.54, 1.807) is 13.8 Å². The standard InChI is InChI=1S/C14H15F2N3O2S/c1-8(10-3-4-11(15)12(16)5-10)17-14(20)7-22-6-13-18-9(2)21-19-13/h3-5,8H,6-7H2,1-2H3,(H,17,20). The van der Waals surface area contributed by atoms with E-state index in [0.717, 1.165) is 12.1 Å². The number of benzene rings is 1. The third kappa shape index (κ3) is 4.52. The zero-order valence-electron chi connectivity index (χ0n) is 12.1. The quantitative estimate of drug-likeness (QED) is 0.883. The van der Waals surface area contributed by atoms with Gasteiger partial charge in [-0.2, -0.15) is 4.98 Å². The van der Waals surface area contributed by atoms with Crippen LogP contribution in [0, 0.1) is 18.6 Å². The van der Waals surface area contributed by atoms with Crippen LogP contribution in [0.4, 0.5) is 8.78 Å².